The molecule has 0 bridgehead atoms. The Hall–Kier alpha value is -3.05. The van der Waals surface area contributed by atoms with Gasteiger partial charge in [0.15, 0.2) is 6.29 Å². The van der Waals surface area contributed by atoms with Crippen molar-refractivity contribution in [1.29, 1.82) is 0 Å². The number of β-amino-alcohol motifs (C(OH)–C–C–N with tert-alkyl or cyclic N) is 1. The fraction of sp³-hybridized carbons (Fsp3) is 0.423. The van der Waals surface area contributed by atoms with Crippen molar-refractivity contribution in [3.8, 4) is 10.4 Å². The molecule has 2 aliphatic heterocycles. The minimum Gasteiger partial charge on any atom is -0.367 e. The summed E-state index contributed by atoms with van der Waals surface area (Å²) in [4.78, 5) is 27.0. The predicted octanol–water partition coefficient (Wildman–Crippen LogP) is 3.23. The number of primary amides is 1. The van der Waals surface area contributed by atoms with Crippen LogP contribution in [0.4, 0.5) is 16.6 Å². The van der Waals surface area contributed by atoms with E-state index in [9.17, 15) is 9.90 Å². The van der Waals surface area contributed by atoms with Crippen LogP contribution in [-0.2, 0) is 11.2 Å². The molecule has 190 valence electrons. The number of thiophene rings is 1. The Labute approximate surface area is 214 Å². The van der Waals surface area contributed by atoms with Crippen LogP contribution in [0.25, 0.3) is 10.4 Å². The predicted molar refractivity (Wildman–Crippen MR) is 142 cm³/mol. The van der Waals surface area contributed by atoms with Crippen LogP contribution in [0, 0.1) is 0 Å². The number of nitrogens with one attached hydrogen (secondary N) is 1. The van der Waals surface area contributed by atoms with Gasteiger partial charge in [0.25, 0.3) is 5.91 Å². The first kappa shape index (κ1) is 24.6. The number of rotatable bonds is 8. The summed E-state index contributed by atoms with van der Waals surface area (Å²) in [7, 11) is 0. The number of aliphatic hydroxyl groups excluding tert-OH is 1. The lowest BCUT2D eigenvalue weighted by molar-refractivity contribution is -0.145. The Morgan fingerprint density at radius 2 is 2.06 bits per heavy atom. The third-order valence-corrected chi connectivity index (χ3v) is 7.67. The molecule has 9 nitrogen and oxygen atoms in total. The number of amides is 1. The van der Waals surface area contributed by atoms with Crippen LogP contribution < -0.4 is 16.0 Å². The molecule has 5 heterocycles. The van der Waals surface area contributed by atoms with Gasteiger partial charge in [-0.15, -0.1) is 11.3 Å². The fourth-order valence-electron chi connectivity index (χ4n) is 4.61. The lowest BCUT2D eigenvalue weighted by Crippen LogP contribution is -2.43. The molecule has 2 saturated heterocycles. The van der Waals surface area contributed by atoms with E-state index < -0.39 is 12.2 Å². The van der Waals surface area contributed by atoms with Gasteiger partial charge in [-0.25, -0.2) is 9.97 Å². The van der Waals surface area contributed by atoms with Crippen LogP contribution >= 0.6 is 11.3 Å². The van der Waals surface area contributed by atoms with Crippen LogP contribution in [0.2, 0.25) is 0 Å². The molecular weight excluding hydrogens is 476 g/mol. The SMILES string of the molecule is NC(=O)c1cc(-c2ccc(N3CCCCC3)nc2)sc1Nc1cccc(CCN2CCOC(O)C2)n1. The Balaban J connectivity index is 1.28. The number of hydrogen-bond acceptors (Lipinski definition) is 9. The number of aromatic nitrogens is 2. The van der Waals surface area contributed by atoms with Crippen molar-refractivity contribution >= 4 is 33.9 Å². The van der Waals surface area contributed by atoms with Crippen molar-refractivity contribution in [2.24, 2.45) is 5.73 Å². The summed E-state index contributed by atoms with van der Waals surface area (Å²) >= 11 is 1.46. The normalized spacial score (nSPS) is 18.8. The molecule has 3 aromatic rings. The highest BCUT2D eigenvalue weighted by Crippen LogP contribution is 2.37. The van der Waals surface area contributed by atoms with Gasteiger partial charge in [0.2, 0.25) is 0 Å². The Morgan fingerprint density at radius 1 is 1.19 bits per heavy atom. The summed E-state index contributed by atoms with van der Waals surface area (Å²) in [5.41, 5.74) is 8.01. The molecule has 36 heavy (non-hydrogen) atoms. The smallest absolute Gasteiger partial charge is 0.251 e. The lowest BCUT2D eigenvalue weighted by Gasteiger charge is -2.29. The second-order valence-corrected chi connectivity index (χ2v) is 10.2. The number of hydrogen-bond donors (Lipinski definition) is 3. The molecule has 4 N–H and O–H groups in total. The number of anilines is 3. The van der Waals surface area contributed by atoms with E-state index in [2.05, 4.69) is 32.2 Å². The maximum absolute atomic E-state index is 12.2. The molecule has 1 amide bonds. The first-order valence-corrected chi connectivity index (χ1v) is 13.3. The van der Waals surface area contributed by atoms with Crippen LogP contribution in [0.5, 0.6) is 0 Å². The Kier molecular flexibility index (Phi) is 7.76. The maximum Gasteiger partial charge on any atom is 0.251 e. The zero-order valence-corrected chi connectivity index (χ0v) is 21.0. The van der Waals surface area contributed by atoms with E-state index in [0.29, 0.717) is 29.5 Å². The first-order chi connectivity index (χ1) is 17.5. The molecule has 2 aliphatic rings. The Morgan fingerprint density at radius 3 is 2.81 bits per heavy atom. The van der Waals surface area contributed by atoms with Crippen molar-refractivity contribution in [2.75, 3.05) is 49.5 Å². The molecule has 5 rings (SSSR count). The number of piperidine rings is 1. The van der Waals surface area contributed by atoms with Crippen molar-refractivity contribution in [1.82, 2.24) is 14.9 Å². The number of carbonyl (C=O) groups is 1. The van der Waals surface area contributed by atoms with Gasteiger partial charge < -0.3 is 25.8 Å². The molecule has 3 aromatic heterocycles. The molecule has 1 atom stereocenters. The minimum atomic E-state index is -0.726. The van der Waals surface area contributed by atoms with E-state index in [-0.39, 0.29) is 0 Å². The highest BCUT2D eigenvalue weighted by Gasteiger charge is 2.19. The van der Waals surface area contributed by atoms with Gasteiger partial charge in [-0.2, -0.15) is 0 Å². The third-order valence-electron chi connectivity index (χ3n) is 6.57. The standard InChI is InChI=1S/C26H32N6O3S/c27-25(34)20-15-21(18-7-8-23(28-16-18)32-10-2-1-3-11-32)36-26(20)30-22-6-4-5-19(29-22)9-12-31-13-14-35-24(33)17-31/h4-8,15-16,24,33H,1-3,9-14,17H2,(H2,27,34)(H,29,30). The van der Waals surface area contributed by atoms with Gasteiger partial charge in [-0.05, 0) is 49.6 Å². The van der Waals surface area contributed by atoms with Gasteiger partial charge >= 0.3 is 0 Å². The van der Waals surface area contributed by atoms with Gasteiger partial charge in [-0.3, -0.25) is 9.69 Å². The van der Waals surface area contributed by atoms with Crippen LogP contribution in [-0.4, -0.2) is 71.5 Å². The van der Waals surface area contributed by atoms with E-state index in [0.717, 1.165) is 54.6 Å². The number of morpholine rings is 1. The highest BCUT2D eigenvalue weighted by atomic mass is 32.1. The van der Waals surface area contributed by atoms with Crippen molar-refractivity contribution < 1.29 is 14.6 Å². The van der Waals surface area contributed by atoms with Gasteiger partial charge in [0.05, 0.1) is 12.2 Å². The number of pyridine rings is 2. The summed E-state index contributed by atoms with van der Waals surface area (Å²) in [6, 6.07) is 11.7. The third kappa shape index (κ3) is 6.01. The van der Waals surface area contributed by atoms with E-state index in [1.165, 1.54) is 30.6 Å². The first-order valence-electron chi connectivity index (χ1n) is 12.4. The van der Waals surface area contributed by atoms with Crippen molar-refractivity contribution in [3.05, 3.63) is 53.9 Å². The monoisotopic (exact) mass is 508 g/mol. The summed E-state index contributed by atoms with van der Waals surface area (Å²) in [6.45, 7) is 4.71. The molecule has 0 saturated carbocycles. The summed E-state index contributed by atoms with van der Waals surface area (Å²) in [5.74, 6) is 1.17. The van der Waals surface area contributed by atoms with E-state index in [4.69, 9.17) is 15.5 Å². The average Bonchev–Trinajstić information content (AvgIpc) is 3.32. The van der Waals surface area contributed by atoms with E-state index in [1.54, 1.807) is 0 Å². The van der Waals surface area contributed by atoms with Gasteiger partial charge in [-0.1, -0.05) is 6.07 Å². The van der Waals surface area contributed by atoms with Crippen LogP contribution in [0.1, 0.15) is 35.3 Å². The fourth-order valence-corrected chi connectivity index (χ4v) is 5.67. The van der Waals surface area contributed by atoms with Gasteiger partial charge in [0, 0.05) is 61.5 Å². The van der Waals surface area contributed by atoms with E-state index in [1.807, 2.05) is 30.5 Å². The van der Waals surface area contributed by atoms with Crippen LogP contribution in [0.15, 0.2) is 42.6 Å². The number of carbonyl (C=O) groups excluding carboxylic acids is 1. The maximum atomic E-state index is 12.2. The highest BCUT2D eigenvalue weighted by molar-refractivity contribution is 7.19. The second kappa shape index (κ2) is 11.3. The molecule has 0 radical (unpaired) electrons. The van der Waals surface area contributed by atoms with Gasteiger partial charge in [0.1, 0.15) is 16.6 Å². The summed E-state index contributed by atoms with van der Waals surface area (Å²) in [5, 5.41) is 13.6. The number of aliphatic hydroxyl groups is 1. The zero-order valence-electron chi connectivity index (χ0n) is 20.2. The Bertz CT molecular complexity index is 1180. The average molecular weight is 509 g/mol. The van der Waals surface area contributed by atoms with Crippen molar-refractivity contribution in [3.63, 3.8) is 0 Å². The van der Waals surface area contributed by atoms with Crippen molar-refractivity contribution in [2.45, 2.75) is 32.0 Å². The molecular formula is C26H32N6O3S. The number of nitrogens with two attached hydrogens (primary N) is 1. The van der Waals surface area contributed by atoms with E-state index >= 15 is 0 Å². The number of ether oxygens (including phenoxy) is 1. The second-order valence-electron chi connectivity index (χ2n) is 9.19. The molecule has 0 aromatic carbocycles. The molecule has 0 aliphatic carbocycles. The molecule has 1 unspecified atom stereocenters. The number of nitrogens with zero attached hydrogens (tertiary/aromatic N) is 4. The molecule has 10 heteroatoms. The lowest BCUT2D eigenvalue weighted by atomic mass is 10.1. The quantitative estimate of drug-likeness (QED) is 0.425. The summed E-state index contributed by atoms with van der Waals surface area (Å²) in [6.07, 6.45) is 5.58. The zero-order chi connectivity index (χ0) is 24.9. The molecule has 0 spiro atoms. The molecule has 2 fully saturated rings. The largest absolute Gasteiger partial charge is 0.367 e. The summed E-state index contributed by atoms with van der Waals surface area (Å²) < 4.78 is 5.19. The van der Waals surface area contributed by atoms with Crippen LogP contribution in [0.3, 0.4) is 0 Å². The topological polar surface area (TPSA) is 117 Å². The minimum absolute atomic E-state index is 0.435.